The van der Waals surface area contributed by atoms with Gasteiger partial charge in [-0.3, -0.25) is 4.79 Å². The van der Waals surface area contributed by atoms with Crippen LogP contribution < -0.4 is 11.1 Å². The first-order valence-corrected chi connectivity index (χ1v) is 6.24. The van der Waals surface area contributed by atoms with E-state index in [1.54, 1.807) is 6.07 Å². The van der Waals surface area contributed by atoms with E-state index in [0.29, 0.717) is 17.1 Å². The van der Waals surface area contributed by atoms with E-state index in [1.165, 1.54) is 25.5 Å². The highest BCUT2D eigenvalue weighted by molar-refractivity contribution is 6.33. The van der Waals surface area contributed by atoms with E-state index in [1.807, 2.05) is 0 Å². The summed E-state index contributed by atoms with van der Waals surface area (Å²) in [6.07, 6.45) is 6.39. The Hall–Kier alpha value is -1.29. The molecular formula is C12H16ClN3O. The summed E-state index contributed by atoms with van der Waals surface area (Å²) in [7, 11) is 0. The second-order valence-electron chi connectivity index (χ2n) is 4.43. The van der Waals surface area contributed by atoms with Gasteiger partial charge in [0.1, 0.15) is 5.82 Å². The second kappa shape index (κ2) is 5.36. The van der Waals surface area contributed by atoms with Crippen molar-refractivity contribution in [1.29, 1.82) is 0 Å². The molecule has 92 valence electrons. The van der Waals surface area contributed by atoms with Crippen molar-refractivity contribution in [1.82, 2.24) is 10.3 Å². The third-order valence-electron chi connectivity index (χ3n) is 2.90. The van der Waals surface area contributed by atoms with E-state index < -0.39 is 0 Å². The van der Waals surface area contributed by atoms with E-state index in [9.17, 15) is 4.79 Å². The van der Waals surface area contributed by atoms with Crippen molar-refractivity contribution >= 4 is 23.3 Å². The average molecular weight is 254 g/mol. The van der Waals surface area contributed by atoms with E-state index in [4.69, 9.17) is 17.3 Å². The lowest BCUT2D eigenvalue weighted by molar-refractivity contribution is 0.0952. The van der Waals surface area contributed by atoms with Crippen LogP contribution in [-0.4, -0.2) is 17.4 Å². The number of nitrogens with zero attached hydrogens (tertiary/aromatic N) is 1. The number of amides is 1. The predicted octanol–water partition coefficient (Wildman–Crippen LogP) is 2.24. The average Bonchev–Trinajstić information content (AvgIpc) is 3.12. The minimum absolute atomic E-state index is 0.143. The third-order valence-corrected chi connectivity index (χ3v) is 3.21. The summed E-state index contributed by atoms with van der Waals surface area (Å²) in [5.74, 6) is 1.01. The molecule has 5 heteroatoms. The number of nitrogen functional groups attached to an aromatic ring is 1. The molecule has 0 bridgehead atoms. The van der Waals surface area contributed by atoms with E-state index in [0.717, 1.165) is 12.3 Å². The maximum Gasteiger partial charge on any atom is 0.252 e. The van der Waals surface area contributed by atoms with Crippen LogP contribution in [0.1, 0.15) is 36.0 Å². The molecule has 0 unspecified atom stereocenters. The number of nitrogens with one attached hydrogen (secondary N) is 1. The van der Waals surface area contributed by atoms with Crippen LogP contribution in [0, 0.1) is 5.92 Å². The molecule has 2 rings (SSSR count). The zero-order valence-electron chi connectivity index (χ0n) is 9.58. The standard InChI is InChI=1S/C12H16ClN3O/c13-10-6-9(7-16-11(10)14)12(17)15-5-1-2-8-3-4-8/h6-8H,1-5H2,(H2,14,16)(H,15,17). The van der Waals surface area contributed by atoms with Gasteiger partial charge < -0.3 is 11.1 Å². The Morgan fingerprint density at radius 1 is 1.59 bits per heavy atom. The van der Waals surface area contributed by atoms with Crippen LogP contribution in [-0.2, 0) is 0 Å². The first-order chi connectivity index (χ1) is 8.16. The molecule has 0 spiro atoms. The molecule has 1 saturated carbocycles. The van der Waals surface area contributed by atoms with Gasteiger partial charge >= 0.3 is 0 Å². The summed E-state index contributed by atoms with van der Waals surface area (Å²) in [6, 6.07) is 1.54. The Bertz CT molecular complexity index is 418. The summed E-state index contributed by atoms with van der Waals surface area (Å²) in [6.45, 7) is 0.706. The third kappa shape index (κ3) is 3.60. The molecule has 1 aromatic heterocycles. The van der Waals surface area contributed by atoms with Gasteiger partial charge in [-0.1, -0.05) is 24.4 Å². The number of carbonyl (C=O) groups is 1. The Morgan fingerprint density at radius 3 is 3.00 bits per heavy atom. The van der Waals surface area contributed by atoms with Crippen molar-refractivity contribution < 1.29 is 4.79 Å². The predicted molar refractivity (Wildman–Crippen MR) is 68.0 cm³/mol. The highest BCUT2D eigenvalue weighted by atomic mass is 35.5. The number of carbonyl (C=O) groups excluding carboxylic acids is 1. The number of nitrogens with two attached hydrogens (primary N) is 1. The molecule has 0 aliphatic heterocycles. The largest absolute Gasteiger partial charge is 0.382 e. The molecule has 3 N–H and O–H groups in total. The fourth-order valence-corrected chi connectivity index (χ4v) is 1.84. The lowest BCUT2D eigenvalue weighted by atomic mass is 10.2. The van der Waals surface area contributed by atoms with E-state index in [-0.39, 0.29) is 11.7 Å². The molecule has 1 aromatic rings. The molecule has 1 fully saturated rings. The normalized spacial score (nSPS) is 14.6. The van der Waals surface area contributed by atoms with Gasteiger partial charge in [-0.25, -0.2) is 4.98 Å². The van der Waals surface area contributed by atoms with Gasteiger partial charge in [0.05, 0.1) is 10.6 Å². The summed E-state index contributed by atoms with van der Waals surface area (Å²) in [5.41, 5.74) is 5.93. The highest BCUT2D eigenvalue weighted by Gasteiger charge is 2.20. The van der Waals surface area contributed by atoms with Gasteiger partial charge in [-0.15, -0.1) is 0 Å². The molecule has 0 saturated heterocycles. The summed E-state index contributed by atoms with van der Waals surface area (Å²) in [4.78, 5) is 15.6. The van der Waals surface area contributed by atoms with Gasteiger partial charge in [-0.2, -0.15) is 0 Å². The molecule has 17 heavy (non-hydrogen) atoms. The van der Waals surface area contributed by atoms with E-state index in [2.05, 4.69) is 10.3 Å². The van der Waals surface area contributed by atoms with Crippen LogP contribution in [0.4, 0.5) is 5.82 Å². The second-order valence-corrected chi connectivity index (χ2v) is 4.84. The van der Waals surface area contributed by atoms with Gasteiger partial charge in [0.25, 0.3) is 5.91 Å². The number of anilines is 1. The summed E-state index contributed by atoms with van der Waals surface area (Å²) in [5, 5.41) is 3.17. The number of rotatable bonds is 5. The van der Waals surface area contributed by atoms with Crippen molar-refractivity contribution in [2.24, 2.45) is 5.92 Å². The number of aromatic nitrogens is 1. The molecular weight excluding hydrogens is 238 g/mol. The molecule has 0 atom stereocenters. The van der Waals surface area contributed by atoms with Crippen molar-refractivity contribution in [3.05, 3.63) is 22.8 Å². The Labute approximate surface area is 106 Å². The first-order valence-electron chi connectivity index (χ1n) is 5.86. The molecule has 4 nitrogen and oxygen atoms in total. The smallest absolute Gasteiger partial charge is 0.252 e. The van der Waals surface area contributed by atoms with Crippen LogP contribution in [0.3, 0.4) is 0 Å². The van der Waals surface area contributed by atoms with Crippen LogP contribution in [0.2, 0.25) is 5.02 Å². The number of halogens is 1. The lowest BCUT2D eigenvalue weighted by Crippen LogP contribution is -2.24. The lowest BCUT2D eigenvalue weighted by Gasteiger charge is -2.05. The SMILES string of the molecule is Nc1ncc(C(=O)NCCCC2CC2)cc1Cl. The van der Waals surface area contributed by atoms with Crippen LogP contribution in [0.15, 0.2) is 12.3 Å². The van der Waals surface area contributed by atoms with Gasteiger partial charge in [0.15, 0.2) is 0 Å². The number of hydrogen-bond acceptors (Lipinski definition) is 3. The Balaban J connectivity index is 1.79. The van der Waals surface area contributed by atoms with Crippen LogP contribution in [0.25, 0.3) is 0 Å². The fraction of sp³-hybridized carbons (Fsp3) is 0.500. The van der Waals surface area contributed by atoms with Crippen molar-refractivity contribution in [3.8, 4) is 0 Å². The van der Waals surface area contributed by atoms with Crippen molar-refractivity contribution in [2.45, 2.75) is 25.7 Å². The Kier molecular flexibility index (Phi) is 3.84. The molecule has 1 aliphatic carbocycles. The molecule has 1 aliphatic rings. The summed E-state index contributed by atoms with van der Waals surface area (Å²) < 4.78 is 0. The molecule has 1 heterocycles. The van der Waals surface area contributed by atoms with Crippen LogP contribution >= 0.6 is 11.6 Å². The minimum atomic E-state index is -0.143. The zero-order valence-corrected chi connectivity index (χ0v) is 10.3. The quantitative estimate of drug-likeness (QED) is 0.791. The van der Waals surface area contributed by atoms with Gasteiger partial charge in [0.2, 0.25) is 0 Å². The fourth-order valence-electron chi connectivity index (χ4n) is 1.67. The highest BCUT2D eigenvalue weighted by Crippen LogP contribution is 2.33. The van der Waals surface area contributed by atoms with Gasteiger partial charge in [-0.05, 0) is 24.8 Å². The number of pyridine rings is 1. The number of hydrogen-bond donors (Lipinski definition) is 2. The van der Waals surface area contributed by atoms with Crippen LogP contribution in [0.5, 0.6) is 0 Å². The maximum atomic E-state index is 11.7. The molecule has 0 aromatic carbocycles. The molecule has 1 amide bonds. The topological polar surface area (TPSA) is 68.0 Å². The van der Waals surface area contributed by atoms with Crippen molar-refractivity contribution in [2.75, 3.05) is 12.3 Å². The summed E-state index contributed by atoms with van der Waals surface area (Å²) >= 11 is 5.80. The van der Waals surface area contributed by atoms with E-state index >= 15 is 0 Å². The minimum Gasteiger partial charge on any atom is -0.382 e. The Morgan fingerprint density at radius 2 is 2.35 bits per heavy atom. The molecule has 0 radical (unpaired) electrons. The van der Waals surface area contributed by atoms with Crippen molar-refractivity contribution in [3.63, 3.8) is 0 Å². The first kappa shape index (κ1) is 12.2. The van der Waals surface area contributed by atoms with Gasteiger partial charge in [0, 0.05) is 12.7 Å². The monoisotopic (exact) mass is 253 g/mol. The maximum absolute atomic E-state index is 11.7. The zero-order chi connectivity index (χ0) is 12.3.